The van der Waals surface area contributed by atoms with Gasteiger partial charge in [-0.3, -0.25) is 4.79 Å². The Morgan fingerprint density at radius 3 is 2.28 bits per heavy atom. The van der Waals surface area contributed by atoms with Gasteiger partial charge in [-0.25, -0.2) is 9.59 Å². The van der Waals surface area contributed by atoms with Gasteiger partial charge in [-0.1, -0.05) is 37.0 Å². The van der Waals surface area contributed by atoms with Crippen molar-refractivity contribution in [2.75, 3.05) is 13.2 Å². The number of carboxylic acid groups (broad SMARTS) is 2. The van der Waals surface area contributed by atoms with Crippen molar-refractivity contribution in [1.82, 2.24) is 5.32 Å². The van der Waals surface area contributed by atoms with E-state index in [0.717, 1.165) is 24.8 Å². The second-order valence-corrected chi connectivity index (χ2v) is 7.61. The summed E-state index contributed by atoms with van der Waals surface area (Å²) in [5.74, 6) is -4.02. The molecule has 1 aliphatic rings. The minimum atomic E-state index is -1.57. The average Bonchev–Trinajstić information content (AvgIpc) is 2.68. The number of ether oxygens (including phenoxy) is 2. The molecule has 1 aromatic rings. The van der Waals surface area contributed by atoms with Crippen molar-refractivity contribution in [3.63, 3.8) is 0 Å². The molecule has 0 saturated carbocycles. The van der Waals surface area contributed by atoms with Crippen molar-refractivity contribution in [3.8, 4) is 0 Å². The lowest BCUT2D eigenvalue weighted by Gasteiger charge is -2.34. The van der Waals surface area contributed by atoms with Gasteiger partial charge < -0.3 is 25.0 Å². The van der Waals surface area contributed by atoms with Gasteiger partial charge in [-0.05, 0) is 31.9 Å². The lowest BCUT2D eigenvalue weighted by Crippen LogP contribution is -2.47. The highest BCUT2D eigenvalue weighted by atomic mass is 16.7. The number of amides is 1. The zero-order chi connectivity index (χ0) is 21.4. The minimum Gasteiger partial charge on any atom is -0.480 e. The van der Waals surface area contributed by atoms with Crippen LogP contribution in [-0.4, -0.2) is 53.1 Å². The van der Waals surface area contributed by atoms with Crippen molar-refractivity contribution in [2.45, 2.75) is 57.8 Å². The molecule has 1 unspecified atom stereocenters. The maximum atomic E-state index is 12.2. The molecule has 0 radical (unpaired) electrons. The van der Waals surface area contributed by atoms with E-state index in [1.807, 2.05) is 19.1 Å². The molecule has 1 amide bonds. The van der Waals surface area contributed by atoms with Crippen LogP contribution in [0.1, 0.15) is 54.9 Å². The van der Waals surface area contributed by atoms with Gasteiger partial charge in [0.25, 0.3) is 11.7 Å². The molecule has 160 valence electrons. The first kappa shape index (κ1) is 22.8. The quantitative estimate of drug-likeness (QED) is 0.510. The fourth-order valence-electron chi connectivity index (χ4n) is 3.10. The van der Waals surface area contributed by atoms with Crippen LogP contribution in [0, 0.1) is 12.8 Å². The number of benzene rings is 1. The van der Waals surface area contributed by atoms with Crippen molar-refractivity contribution in [2.24, 2.45) is 5.92 Å². The summed E-state index contributed by atoms with van der Waals surface area (Å²) < 4.78 is 10.6. The SMILES string of the molecule is Cc1ccc(C(=O)NC(CCCCC[C@H]2CO[C@@](C)(C(=O)O)OC2)C(=O)O)cc1. The number of rotatable bonds is 10. The number of carbonyl (C=O) groups excluding carboxylic acids is 1. The average molecular weight is 407 g/mol. The molecule has 1 heterocycles. The van der Waals surface area contributed by atoms with Crippen molar-refractivity contribution in [3.05, 3.63) is 35.4 Å². The lowest BCUT2D eigenvalue weighted by atomic mass is 10.00. The number of aliphatic carboxylic acids is 2. The molecule has 1 saturated heterocycles. The Labute approximate surface area is 170 Å². The van der Waals surface area contributed by atoms with E-state index >= 15 is 0 Å². The van der Waals surface area contributed by atoms with E-state index in [1.54, 1.807) is 12.1 Å². The third-order valence-corrected chi connectivity index (χ3v) is 5.10. The minimum absolute atomic E-state index is 0.124. The molecule has 1 aliphatic heterocycles. The number of nitrogens with one attached hydrogen (secondary N) is 1. The van der Waals surface area contributed by atoms with E-state index in [4.69, 9.17) is 14.6 Å². The summed E-state index contributed by atoms with van der Waals surface area (Å²) >= 11 is 0. The molecular formula is C21H29NO7. The highest BCUT2D eigenvalue weighted by molar-refractivity contribution is 5.96. The summed E-state index contributed by atoms with van der Waals surface area (Å²) in [6, 6.07) is 6.03. The molecule has 0 aromatic heterocycles. The van der Waals surface area contributed by atoms with Crippen LogP contribution in [0.15, 0.2) is 24.3 Å². The zero-order valence-electron chi connectivity index (χ0n) is 16.8. The molecule has 2 rings (SSSR count). The summed E-state index contributed by atoms with van der Waals surface area (Å²) in [6.45, 7) is 3.96. The van der Waals surface area contributed by atoms with E-state index in [0.29, 0.717) is 31.6 Å². The Balaban J connectivity index is 1.68. The Kier molecular flexibility index (Phi) is 8.16. The predicted octanol–water partition coefficient (Wildman–Crippen LogP) is 2.59. The topological polar surface area (TPSA) is 122 Å². The van der Waals surface area contributed by atoms with Gasteiger partial charge in [0.15, 0.2) is 0 Å². The highest BCUT2D eigenvalue weighted by Gasteiger charge is 2.40. The fraction of sp³-hybridized carbons (Fsp3) is 0.571. The molecule has 1 aromatic carbocycles. The van der Waals surface area contributed by atoms with Crippen LogP contribution < -0.4 is 5.32 Å². The summed E-state index contributed by atoms with van der Waals surface area (Å²) in [7, 11) is 0. The van der Waals surface area contributed by atoms with Crippen LogP contribution in [0.3, 0.4) is 0 Å². The molecule has 1 fully saturated rings. The number of hydrogen-bond acceptors (Lipinski definition) is 5. The lowest BCUT2D eigenvalue weighted by molar-refractivity contribution is -0.271. The van der Waals surface area contributed by atoms with Crippen LogP contribution in [-0.2, 0) is 19.1 Å². The Morgan fingerprint density at radius 2 is 1.72 bits per heavy atom. The zero-order valence-corrected chi connectivity index (χ0v) is 16.8. The van der Waals surface area contributed by atoms with Crippen LogP contribution >= 0.6 is 0 Å². The second kappa shape index (κ2) is 10.4. The molecule has 3 N–H and O–H groups in total. The molecule has 8 heteroatoms. The van der Waals surface area contributed by atoms with Gasteiger partial charge in [0.05, 0.1) is 13.2 Å². The molecular weight excluding hydrogens is 378 g/mol. The first-order chi connectivity index (χ1) is 13.7. The Bertz CT molecular complexity index is 708. The van der Waals surface area contributed by atoms with Gasteiger partial charge in [0.2, 0.25) is 0 Å². The first-order valence-electron chi connectivity index (χ1n) is 9.83. The fourth-order valence-corrected chi connectivity index (χ4v) is 3.10. The first-order valence-corrected chi connectivity index (χ1v) is 9.83. The summed E-state index contributed by atoms with van der Waals surface area (Å²) in [5.41, 5.74) is 1.46. The normalized spacial score (nSPS) is 22.6. The van der Waals surface area contributed by atoms with Crippen LogP contribution in [0.5, 0.6) is 0 Å². The number of hydrogen-bond donors (Lipinski definition) is 3. The maximum Gasteiger partial charge on any atom is 0.364 e. The van der Waals surface area contributed by atoms with Crippen molar-refractivity contribution < 1.29 is 34.1 Å². The number of carboxylic acids is 2. The van der Waals surface area contributed by atoms with Crippen LogP contribution in [0.2, 0.25) is 0 Å². The highest BCUT2D eigenvalue weighted by Crippen LogP contribution is 2.24. The summed E-state index contributed by atoms with van der Waals surface area (Å²) in [4.78, 5) is 34.7. The van der Waals surface area contributed by atoms with Gasteiger partial charge >= 0.3 is 11.9 Å². The molecule has 0 aliphatic carbocycles. The van der Waals surface area contributed by atoms with Gasteiger partial charge in [0.1, 0.15) is 6.04 Å². The van der Waals surface area contributed by atoms with Crippen LogP contribution in [0.25, 0.3) is 0 Å². The van der Waals surface area contributed by atoms with E-state index in [2.05, 4.69) is 5.32 Å². The van der Waals surface area contributed by atoms with E-state index in [9.17, 15) is 19.5 Å². The summed E-state index contributed by atoms with van der Waals surface area (Å²) in [5, 5.41) is 21.0. The Hall–Kier alpha value is -2.45. The second-order valence-electron chi connectivity index (χ2n) is 7.61. The number of carbonyl (C=O) groups is 3. The third kappa shape index (κ3) is 6.83. The molecule has 0 bridgehead atoms. The predicted molar refractivity (Wildman–Crippen MR) is 105 cm³/mol. The van der Waals surface area contributed by atoms with E-state index in [1.165, 1.54) is 6.92 Å². The standard InChI is InChI=1S/C21H29NO7/c1-14-8-10-16(11-9-14)18(23)22-17(19(24)25)7-5-3-4-6-15-12-28-21(2,20(26)27)29-13-15/h8-11,15,17H,3-7,12-13H2,1-2H3,(H,22,23)(H,24,25)(H,26,27)/t15-,17?,21+. The van der Waals surface area contributed by atoms with E-state index in [-0.39, 0.29) is 5.92 Å². The molecule has 29 heavy (non-hydrogen) atoms. The molecule has 0 spiro atoms. The van der Waals surface area contributed by atoms with Gasteiger partial charge in [-0.15, -0.1) is 0 Å². The Morgan fingerprint density at radius 1 is 1.10 bits per heavy atom. The molecule has 1 atom stereocenters. The largest absolute Gasteiger partial charge is 0.480 e. The number of unbranched alkanes of at least 4 members (excludes halogenated alkanes) is 2. The number of aryl methyl sites for hydroxylation is 1. The third-order valence-electron chi connectivity index (χ3n) is 5.10. The maximum absolute atomic E-state index is 12.2. The smallest absolute Gasteiger partial charge is 0.364 e. The van der Waals surface area contributed by atoms with Gasteiger partial charge in [0, 0.05) is 18.4 Å². The van der Waals surface area contributed by atoms with E-state index < -0.39 is 29.7 Å². The van der Waals surface area contributed by atoms with Gasteiger partial charge in [-0.2, -0.15) is 0 Å². The summed E-state index contributed by atoms with van der Waals surface area (Å²) in [6.07, 6.45) is 3.47. The van der Waals surface area contributed by atoms with Crippen LogP contribution in [0.4, 0.5) is 0 Å². The molecule has 8 nitrogen and oxygen atoms in total. The monoisotopic (exact) mass is 407 g/mol. The van der Waals surface area contributed by atoms with Crippen molar-refractivity contribution >= 4 is 17.8 Å². The van der Waals surface area contributed by atoms with Crippen molar-refractivity contribution in [1.29, 1.82) is 0 Å².